The molecule has 0 radical (unpaired) electrons. The predicted octanol–water partition coefficient (Wildman–Crippen LogP) is 2.43. The fraction of sp³-hybridized carbons (Fsp3) is 0.579. The molecule has 0 spiro atoms. The monoisotopic (exact) mass is 324 g/mol. The van der Waals surface area contributed by atoms with Crippen LogP contribution in [0.2, 0.25) is 0 Å². The van der Waals surface area contributed by atoms with Crippen LogP contribution in [0, 0.1) is 5.92 Å². The zero-order valence-corrected chi connectivity index (χ0v) is 14.2. The summed E-state index contributed by atoms with van der Waals surface area (Å²) in [5.74, 6) is 1.03. The Morgan fingerprint density at radius 3 is 2.88 bits per heavy atom. The van der Waals surface area contributed by atoms with Crippen LogP contribution in [0.5, 0.6) is 0 Å². The van der Waals surface area contributed by atoms with Gasteiger partial charge in [-0.3, -0.25) is 14.8 Å². The number of nitrogens with one attached hydrogen (secondary N) is 1. The number of likely N-dealkylation sites (tertiary alicyclic amines) is 2. The molecule has 1 aliphatic carbocycles. The smallest absolute Gasteiger partial charge is 0.275 e. The maximum absolute atomic E-state index is 13.0. The third-order valence-electron chi connectivity index (χ3n) is 6.14. The van der Waals surface area contributed by atoms with E-state index in [1.165, 1.54) is 24.8 Å². The number of piperazine rings is 1. The van der Waals surface area contributed by atoms with Gasteiger partial charge in [-0.05, 0) is 49.9 Å². The van der Waals surface area contributed by atoms with Crippen molar-refractivity contribution in [2.45, 2.75) is 44.2 Å². The Labute approximate surface area is 142 Å². The number of rotatable bonds is 4. The van der Waals surface area contributed by atoms with Crippen molar-refractivity contribution in [1.82, 2.24) is 20.0 Å². The Morgan fingerprint density at radius 1 is 1.29 bits per heavy atom. The van der Waals surface area contributed by atoms with Crippen molar-refractivity contribution in [3.05, 3.63) is 29.5 Å². The molecular formula is C19H24N4O. The minimum Gasteiger partial charge on any atom is -0.331 e. The average molecular weight is 324 g/mol. The Hall–Kier alpha value is -1.88. The lowest BCUT2D eigenvalue weighted by molar-refractivity contribution is 0.0646. The number of aryl methyl sites for hydroxylation is 1. The maximum Gasteiger partial charge on any atom is 0.275 e. The molecule has 2 atom stereocenters. The van der Waals surface area contributed by atoms with Gasteiger partial charge in [0, 0.05) is 30.6 Å². The van der Waals surface area contributed by atoms with E-state index in [0.29, 0.717) is 17.8 Å². The van der Waals surface area contributed by atoms with Crippen molar-refractivity contribution in [3.8, 4) is 0 Å². The highest BCUT2D eigenvalue weighted by Crippen LogP contribution is 2.34. The lowest BCUT2D eigenvalue weighted by Gasteiger charge is -2.31. The number of likely N-dealkylation sites (N-methyl/N-ethyl adjacent to an activating group) is 1. The number of aromatic amines is 1. The largest absolute Gasteiger partial charge is 0.331 e. The predicted molar refractivity (Wildman–Crippen MR) is 93.0 cm³/mol. The van der Waals surface area contributed by atoms with Gasteiger partial charge in [0.05, 0.1) is 5.52 Å². The van der Waals surface area contributed by atoms with Crippen LogP contribution in [0.4, 0.5) is 0 Å². The molecule has 1 saturated carbocycles. The normalized spacial score (nSPS) is 26.6. The first-order valence-corrected chi connectivity index (χ1v) is 9.17. The molecule has 2 aliphatic heterocycles. The van der Waals surface area contributed by atoms with Crippen LogP contribution in [0.15, 0.2) is 18.2 Å². The summed E-state index contributed by atoms with van der Waals surface area (Å²) < 4.78 is 0. The topological polar surface area (TPSA) is 52.2 Å². The minimum atomic E-state index is 0.0983. The molecule has 1 aromatic carbocycles. The number of hydrogen-bond acceptors (Lipinski definition) is 3. The van der Waals surface area contributed by atoms with Crippen LogP contribution in [-0.4, -0.2) is 58.1 Å². The van der Waals surface area contributed by atoms with Crippen molar-refractivity contribution in [1.29, 1.82) is 0 Å². The molecule has 2 saturated heterocycles. The Bertz CT molecular complexity index is 792. The summed E-state index contributed by atoms with van der Waals surface area (Å²) in [5, 5.41) is 8.39. The summed E-state index contributed by atoms with van der Waals surface area (Å²) in [6.45, 7) is 1.83. The molecule has 3 heterocycles. The van der Waals surface area contributed by atoms with Crippen molar-refractivity contribution in [2.75, 3.05) is 20.1 Å². The minimum absolute atomic E-state index is 0.0983. The van der Waals surface area contributed by atoms with Gasteiger partial charge in [0.2, 0.25) is 0 Å². The third kappa shape index (κ3) is 2.34. The fourth-order valence-corrected chi connectivity index (χ4v) is 4.41. The molecule has 2 aromatic rings. The molecule has 24 heavy (non-hydrogen) atoms. The number of fused-ring (bicyclic) bond motifs is 3. The highest BCUT2D eigenvalue weighted by molar-refractivity contribution is 6.05. The van der Waals surface area contributed by atoms with Gasteiger partial charge in [-0.25, -0.2) is 0 Å². The summed E-state index contributed by atoms with van der Waals surface area (Å²) in [7, 11) is 2.16. The molecule has 3 fully saturated rings. The molecule has 3 aliphatic rings. The molecule has 5 nitrogen and oxygen atoms in total. The highest BCUT2D eigenvalue weighted by Gasteiger charge is 2.44. The van der Waals surface area contributed by atoms with Crippen LogP contribution >= 0.6 is 0 Å². The lowest BCUT2D eigenvalue weighted by atomic mass is 10.0. The Morgan fingerprint density at radius 2 is 2.17 bits per heavy atom. The zero-order valence-electron chi connectivity index (χ0n) is 14.2. The van der Waals surface area contributed by atoms with E-state index in [9.17, 15) is 4.79 Å². The van der Waals surface area contributed by atoms with Crippen LogP contribution < -0.4 is 0 Å². The van der Waals surface area contributed by atoms with Crippen LogP contribution in [0.1, 0.15) is 41.7 Å². The highest BCUT2D eigenvalue weighted by atomic mass is 16.2. The van der Waals surface area contributed by atoms with Crippen molar-refractivity contribution < 1.29 is 4.79 Å². The second-order valence-corrected chi connectivity index (χ2v) is 7.87. The summed E-state index contributed by atoms with van der Waals surface area (Å²) in [6, 6.07) is 7.31. The SMILES string of the molecule is CN1C[C@@H]2C[C@H]1CN2C(=O)c1n[nH]c2ccc(CCC3CC3)cc12. The van der Waals surface area contributed by atoms with E-state index >= 15 is 0 Å². The van der Waals surface area contributed by atoms with Crippen molar-refractivity contribution in [2.24, 2.45) is 5.92 Å². The van der Waals surface area contributed by atoms with Gasteiger partial charge in [0.15, 0.2) is 5.69 Å². The first kappa shape index (κ1) is 14.5. The molecule has 2 bridgehead atoms. The summed E-state index contributed by atoms with van der Waals surface area (Å²) in [5.41, 5.74) is 2.90. The van der Waals surface area contributed by atoms with Gasteiger partial charge < -0.3 is 4.90 Å². The van der Waals surface area contributed by atoms with Crippen LogP contribution in [0.25, 0.3) is 10.9 Å². The first-order valence-electron chi connectivity index (χ1n) is 9.17. The van der Waals surface area contributed by atoms with E-state index in [1.807, 2.05) is 4.90 Å². The molecular weight excluding hydrogens is 300 g/mol. The number of hydrogen-bond donors (Lipinski definition) is 1. The van der Waals surface area contributed by atoms with Crippen molar-refractivity contribution in [3.63, 3.8) is 0 Å². The zero-order chi connectivity index (χ0) is 16.3. The second kappa shape index (κ2) is 5.31. The number of carbonyl (C=O) groups excluding carboxylic acids is 1. The molecule has 1 amide bonds. The Balaban J connectivity index is 1.41. The Kier molecular flexibility index (Phi) is 3.20. The molecule has 0 unspecified atom stereocenters. The number of nitrogens with zero attached hydrogens (tertiary/aromatic N) is 3. The number of carbonyl (C=O) groups is 1. The summed E-state index contributed by atoms with van der Waals surface area (Å²) >= 11 is 0. The van der Waals surface area contributed by atoms with E-state index in [-0.39, 0.29) is 5.91 Å². The lowest BCUT2D eigenvalue weighted by Crippen LogP contribution is -2.47. The maximum atomic E-state index is 13.0. The fourth-order valence-electron chi connectivity index (χ4n) is 4.41. The van der Waals surface area contributed by atoms with E-state index < -0.39 is 0 Å². The summed E-state index contributed by atoms with van der Waals surface area (Å²) in [6.07, 6.45) is 6.28. The van der Waals surface area contributed by atoms with Crippen LogP contribution in [-0.2, 0) is 6.42 Å². The summed E-state index contributed by atoms with van der Waals surface area (Å²) in [4.78, 5) is 17.4. The van der Waals surface area contributed by atoms with Gasteiger partial charge >= 0.3 is 0 Å². The number of amides is 1. The van der Waals surface area contributed by atoms with Crippen molar-refractivity contribution >= 4 is 16.8 Å². The molecule has 1 N–H and O–H groups in total. The third-order valence-corrected chi connectivity index (χ3v) is 6.14. The van der Waals surface area contributed by atoms with E-state index in [2.05, 4.69) is 40.3 Å². The van der Waals surface area contributed by atoms with Gasteiger partial charge in [-0.1, -0.05) is 18.9 Å². The quantitative estimate of drug-likeness (QED) is 0.940. The first-order chi connectivity index (χ1) is 11.7. The average Bonchev–Trinajstić information content (AvgIpc) is 3.01. The number of aromatic nitrogens is 2. The molecule has 126 valence electrons. The second-order valence-electron chi connectivity index (χ2n) is 7.87. The van der Waals surface area contributed by atoms with Crippen LogP contribution in [0.3, 0.4) is 0 Å². The van der Waals surface area contributed by atoms with Gasteiger partial charge in [-0.2, -0.15) is 5.10 Å². The standard InChI is InChI=1S/C19H24N4O/c1-22-10-15-9-14(22)11-23(15)19(24)18-16-8-13(5-4-12-2-3-12)6-7-17(16)20-21-18/h6-8,12,14-15H,2-5,9-11H2,1H3,(H,20,21)/t14-,15-/m0/s1. The number of benzene rings is 1. The molecule has 1 aromatic heterocycles. The van der Waals surface area contributed by atoms with E-state index in [0.717, 1.165) is 42.8 Å². The molecule has 5 rings (SSSR count). The number of H-pyrrole nitrogens is 1. The van der Waals surface area contributed by atoms with Gasteiger partial charge in [0.1, 0.15) is 0 Å². The van der Waals surface area contributed by atoms with E-state index in [1.54, 1.807) is 0 Å². The van der Waals surface area contributed by atoms with Gasteiger partial charge in [-0.15, -0.1) is 0 Å². The van der Waals surface area contributed by atoms with E-state index in [4.69, 9.17) is 0 Å². The van der Waals surface area contributed by atoms with Gasteiger partial charge in [0.25, 0.3) is 5.91 Å². The molecule has 5 heteroatoms.